The second-order valence-corrected chi connectivity index (χ2v) is 4.77. The fraction of sp³-hybridized carbons (Fsp3) is 0.583. The summed E-state index contributed by atoms with van der Waals surface area (Å²) in [5, 5.41) is 3.25. The zero-order chi connectivity index (χ0) is 13.0. The highest BCUT2D eigenvalue weighted by atomic mass is 35.5. The lowest BCUT2D eigenvalue weighted by atomic mass is 10.1. The van der Waals surface area contributed by atoms with E-state index in [-0.39, 0.29) is 11.0 Å². The molecule has 1 N–H and O–H groups in total. The van der Waals surface area contributed by atoms with Gasteiger partial charge in [-0.25, -0.2) is 14.8 Å². The van der Waals surface area contributed by atoms with Crippen LogP contribution in [-0.2, 0) is 4.74 Å². The molecule has 1 heterocycles. The summed E-state index contributed by atoms with van der Waals surface area (Å²) in [6.45, 7) is 0.855. The molecule has 1 saturated carbocycles. The summed E-state index contributed by atoms with van der Waals surface area (Å²) in [7, 11) is 1.31. The third-order valence-electron chi connectivity index (χ3n) is 3.14. The summed E-state index contributed by atoms with van der Waals surface area (Å²) < 4.78 is 4.61. The van der Waals surface area contributed by atoms with Gasteiger partial charge in [-0.1, -0.05) is 12.8 Å². The van der Waals surface area contributed by atoms with Crippen LogP contribution in [-0.4, -0.2) is 29.6 Å². The number of anilines is 1. The molecule has 0 unspecified atom stereocenters. The van der Waals surface area contributed by atoms with Gasteiger partial charge in [0.1, 0.15) is 5.82 Å². The normalized spacial score (nSPS) is 15.7. The first kappa shape index (κ1) is 13.1. The summed E-state index contributed by atoms with van der Waals surface area (Å²) in [6.07, 6.45) is 5.08. The Balaban J connectivity index is 2.02. The Labute approximate surface area is 111 Å². The number of methoxy groups -OCH3 is 1. The molecular weight excluding hydrogens is 254 g/mol. The van der Waals surface area contributed by atoms with Gasteiger partial charge in [0.25, 0.3) is 0 Å². The van der Waals surface area contributed by atoms with Gasteiger partial charge in [-0.2, -0.15) is 0 Å². The summed E-state index contributed by atoms with van der Waals surface area (Å²) in [6, 6.07) is 1.56. The van der Waals surface area contributed by atoms with Crippen molar-refractivity contribution in [1.82, 2.24) is 9.97 Å². The van der Waals surface area contributed by atoms with Gasteiger partial charge in [-0.15, -0.1) is 0 Å². The lowest BCUT2D eigenvalue weighted by Crippen LogP contribution is -2.13. The van der Waals surface area contributed by atoms with Crippen LogP contribution >= 0.6 is 11.6 Å². The lowest BCUT2D eigenvalue weighted by Gasteiger charge is -2.11. The maximum Gasteiger partial charge on any atom is 0.356 e. The molecule has 1 aromatic heterocycles. The molecule has 18 heavy (non-hydrogen) atoms. The third-order valence-corrected chi connectivity index (χ3v) is 3.31. The molecular formula is C12H16ClN3O2. The molecule has 0 bridgehead atoms. The third kappa shape index (κ3) is 3.32. The number of esters is 1. The van der Waals surface area contributed by atoms with Crippen LogP contribution in [0.3, 0.4) is 0 Å². The lowest BCUT2D eigenvalue weighted by molar-refractivity contribution is 0.0594. The van der Waals surface area contributed by atoms with Crippen molar-refractivity contribution in [2.24, 2.45) is 5.92 Å². The Morgan fingerprint density at radius 1 is 1.50 bits per heavy atom. The first-order valence-corrected chi connectivity index (χ1v) is 6.43. The minimum Gasteiger partial charge on any atom is -0.464 e. The first-order valence-electron chi connectivity index (χ1n) is 6.06. The van der Waals surface area contributed by atoms with Gasteiger partial charge < -0.3 is 10.1 Å². The molecule has 6 heteroatoms. The van der Waals surface area contributed by atoms with E-state index < -0.39 is 5.97 Å². The van der Waals surface area contributed by atoms with Crippen molar-refractivity contribution in [3.8, 4) is 0 Å². The smallest absolute Gasteiger partial charge is 0.356 e. The van der Waals surface area contributed by atoms with E-state index in [1.165, 1.54) is 32.8 Å². The van der Waals surface area contributed by atoms with Crippen LogP contribution < -0.4 is 5.32 Å². The number of halogens is 1. The van der Waals surface area contributed by atoms with Crippen molar-refractivity contribution < 1.29 is 9.53 Å². The number of nitrogens with zero attached hydrogens (tertiary/aromatic N) is 2. The molecule has 0 spiro atoms. The van der Waals surface area contributed by atoms with Crippen LogP contribution in [0.2, 0.25) is 5.28 Å². The van der Waals surface area contributed by atoms with E-state index in [0.717, 1.165) is 6.54 Å². The minimum atomic E-state index is -0.511. The number of aromatic nitrogens is 2. The van der Waals surface area contributed by atoms with Crippen molar-refractivity contribution in [3.05, 3.63) is 17.0 Å². The van der Waals surface area contributed by atoms with Gasteiger partial charge in [-0.3, -0.25) is 0 Å². The summed E-state index contributed by atoms with van der Waals surface area (Å²) in [5.74, 6) is 0.742. The van der Waals surface area contributed by atoms with E-state index in [1.54, 1.807) is 6.07 Å². The second-order valence-electron chi connectivity index (χ2n) is 4.43. The maximum atomic E-state index is 11.4. The maximum absolute atomic E-state index is 11.4. The van der Waals surface area contributed by atoms with E-state index in [2.05, 4.69) is 20.0 Å². The minimum absolute atomic E-state index is 0.0480. The molecule has 0 aliphatic heterocycles. The van der Waals surface area contributed by atoms with Crippen molar-refractivity contribution in [3.63, 3.8) is 0 Å². The SMILES string of the molecule is COC(=O)c1cc(NCC2CCCC2)nc(Cl)n1. The molecule has 2 rings (SSSR count). The van der Waals surface area contributed by atoms with Gasteiger partial charge in [0, 0.05) is 12.6 Å². The predicted octanol–water partition coefficient (Wildman–Crippen LogP) is 2.52. The summed E-state index contributed by atoms with van der Waals surface area (Å²) >= 11 is 5.78. The van der Waals surface area contributed by atoms with Crippen LogP contribution in [0, 0.1) is 5.92 Å². The Bertz CT molecular complexity index is 433. The predicted molar refractivity (Wildman–Crippen MR) is 68.8 cm³/mol. The van der Waals surface area contributed by atoms with Gasteiger partial charge in [0.15, 0.2) is 5.69 Å². The van der Waals surface area contributed by atoms with Gasteiger partial charge in [0.2, 0.25) is 5.28 Å². The van der Waals surface area contributed by atoms with Gasteiger partial charge in [-0.05, 0) is 30.4 Å². The molecule has 0 aromatic carbocycles. The fourth-order valence-electron chi connectivity index (χ4n) is 2.18. The first-order chi connectivity index (χ1) is 8.69. The molecule has 0 saturated heterocycles. The zero-order valence-electron chi connectivity index (χ0n) is 10.3. The van der Waals surface area contributed by atoms with E-state index >= 15 is 0 Å². The Morgan fingerprint density at radius 2 is 2.22 bits per heavy atom. The van der Waals surface area contributed by atoms with Crippen molar-refractivity contribution in [1.29, 1.82) is 0 Å². The Kier molecular flexibility index (Phi) is 4.36. The molecule has 1 aromatic rings. The van der Waals surface area contributed by atoms with Gasteiger partial charge in [0.05, 0.1) is 7.11 Å². The van der Waals surface area contributed by atoms with Crippen LogP contribution in [0.1, 0.15) is 36.2 Å². The summed E-state index contributed by atoms with van der Waals surface area (Å²) in [5.41, 5.74) is 0.173. The van der Waals surface area contributed by atoms with Crippen LogP contribution in [0.15, 0.2) is 6.07 Å². The van der Waals surface area contributed by atoms with E-state index in [0.29, 0.717) is 11.7 Å². The largest absolute Gasteiger partial charge is 0.464 e. The van der Waals surface area contributed by atoms with E-state index in [4.69, 9.17) is 11.6 Å². The van der Waals surface area contributed by atoms with E-state index in [9.17, 15) is 4.79 Å². The number of carbonyl (C=O) groups is 1. The topological polar surface area (TPSA) is 64.1 Å². The van der Waals surface area contributed by atoms with Crippen molar-refractivity contribution in [2.45, 2.75) is 25.7 Å². The van der Waals surface area contributed by atoms with Crippen molar-refractivity contribution >= 4 is 23.4 Å². The second kappa shape index (κ2) is 6.00. The Morgan fingerprint density at radius 3 is 2.89 bits per heavy atom. The highest BCUT2D eigenvalue weighted by Crippen LogP contribution is 2.24. The average Bonchev–Trinajstić information content (AvgIpc) is 2.88. The molecule has 0 amide bonds. The van der Waals surface area contributed by atoms with Crippen LogP contribution in [0.4, 0.5) is 5.82 Å². The number of hydrogen-bond donors (Lipinski definition) is 1. The van der Waals surface area contributed by atoms with Crippen LogP contribution in [0.5, 0.6) is 0 Å². The highest BCUT2D eigenvalue weighted by molar-refractivity contribution is 6.28. The van der Waals surface area contributed by atoms with Gasteiger partial charge >= 0.3 is 5.97 Å². The number of hydrogen-bond acceptors (Lipinski definition) is 5. The standard InChI is InChI=1S/C12H16ClN3O2/c1-18-11(17)9-6-10(16-12(13)15-9)14-7-8-4-2-3-5-8/h6,8H,2-5,7H2,1H3,(H,14,15,16). The summed E-state index contributed by atoms with van der Waals surface area (Å²) in [4.78, 5) is 19.3. The zero-order valence-corrected chi connectivity index (χ0v) is 11.0. The number of carbonyl (C=O) groups excluding carboxylic acids is 1. The molecule has 0 atom stereocenters. The molecule has 98 valence electrons. The number of nitrogens with one attached hydrogen (secondary N) is 1. The number of ether oxygens (including phenoxy) is 1. The quantitative estimate of drug-likeness (QED) is 0.672. The fourth-order valence-corrected chi connectivity index (χ4v) is 2.36. The van der Waals surface area contributed by atoms with Crippen LogP contribution in [0.25, 0.3) is 0 Å². The van der Waals surface area contributed by atoms with E-state index in [1.807, 2.05) is 0 Å². The highest BCUT2D eigenvalue weighted by Gasteiger charge is 2.16. The average molecular weight is 270 g/mol. The number of rotatable bonds is 4. The molecule has 1 aliphatic carbocycles. The van der Waals surface area contributed by atoms with Crippen molar-refractivity contribution in [2.75, 3.05) is 19.0 Å². The molecule has 1 fully saturated rings. The molecule has 1 aliphatic rings. The molecule has 5 nitrogen and oxygen atoms in total. The Hall–Kier alpha value is -1.36. The molecule has 0 radical (unpaired) electrons. The monoisotopic (exact) mass is 269 g/mol.